The first-order chi connectivity index (χ1) is 12.4. The molecule has 4 fully saturated rings. The average molecular weight is 362 g/mol. The molecule has 0 spiro atoms. The van der Waals surface area contributed by atoms with Gasteiger partial charge in [0.2, 0.25) is 0 Å². The lowest BCUT2D eigenvalue weighted by Crippen LogP contribution is -2.32. The van der Waals surface area contributed by atoms with Gasteiger partial charge in [0, 0.05) is 11.1 Å². The highest BCUT2D eigenvalue weighted by atomic mass is 16.6. The van der Waals surface area contributed by atoms with E-state index in [1.807, 2.05) is 0 Å². The van der Waals surface area contributed by atoms with Crippen molar-refractivity contribution in [2.75, 3.05) is 13.2 Å². The van der Waals surface area contributed by atoms with Crippen molar-refractivity contribution in [1.29, 1.82) is 0 Å². The standard InChI is InChI=1S/C14H20O2.C7H10O3/c1-8(2)14(15)16-13-7-9-6-12(13)11-5-3-4-10(9)11;1-5(2)7(8)10-4-6-3-9-6/h9-13H,1,3-7H2,2H3;6H,1,3-4H2,2H3. The lowest BCUT2D eigenvalue weighted by molar-refractivity contribution is -0.148. The van der Waals surface area contributed by atoms with Gasteiger partial charge < -0.3 is 14.2 Å². The fraction of sp³-hybridized carbons (Fsp3) is 0.714. The van der Waals surface area contributed by atoms with Crippen LogP contribution in [0.4, 0.5) is 0 Å². The molecule has 0 aromatic carbocycles. The minimum atomic E-state index is -0.337. The SMILES string of the molecule is C=C(C)C(=O)OC1CC2CC1C1CCCC21.C=C(C)C(=O)OCC1CO1. The maximum atomic E-state index is 11.5. The van der Waals surface area contributed by atoms with Crippen LogP contribution >= 0.6 is 0 Å². The van der Waals surface area contributed by atoms with Crippen molar-refractivity contribution in [2.24, 2.45) is 23.7 Å². The molecule has 5 nitrogen and oxygen atoms in total. The number of epoxide rings is 1. The van der Waals surface area contributed by atoms with Crippen LogP contribution in [0.25, 0.3) is 0 Å². The third-order valence-corrected chi connectivity index (χ3v) is 6.13. The molecule has 3 aliphatic carbocycles. The van der Waals surface area contributed by atoms with E-state index in [4.69, 9.17) is 14.2 Å². The predicted molar refractivity (Wildman–Crippen MR) is 97.3 cm³/mol. The maximum Gasteiger partial charge on any atom is 0.333 e. The number of hydrogen-bond donors (Lipinski definition) is 0. The van der Waals surface area contributed by atoms with Crippen LogP contribution in [0.2, 0.25) is 0 Å². The molecular weight excluding hydrogens is 332 g/mol. The molecule has 4 aliphatic rings. The molecule has 0 aromatic heterocycles. The molecule has 26 heavy (non-hydrogen) atoms. The smallest absolute Gasteiger partial charge is 0.333 e. The normalized spacial score (nSPS) is 35.8. The van der Waals surface area contributed by atoms with Crippen LogP contribution < -0.4 is 0 Å². The van der Waals surface area contributed by atoms with Gasteiger partial charge in [-0.1, -0.05) is 19.6 Å². The summed E-state index contributed by atoms with van der Waals surface area (Å²) in [4.78, 5) is 22.2. The number of ether oxygens (including phenoxy) is 3. The fourth-order valence-electron chi connectivity index (χ4n) is 4.83. The first kappa shape index (κ1) is 19.2. The zero-order valence-electron chi connectivity index (χ0n) is 15.9. The summed E-state index contributed by atoms with van der Waals surface area (Å²) in [5.41, 5.74) is 0.964. The topological polar surface area (TPSA) is 65.1 Å². The average Bonchev–Trinajstić information content (AvgIpc) is 3.00. The van der Waals surface area contributed by atoms with Crippen LogP contribution in [-0.2, 0) is 23.8 Å². The van der Waals surface area contributed by atoms with Crippen LogP contribution in [0.1, 0.15) is 46.0 Å². The van der Waals surface area contributed by atoms with Crippen molar-refractivity contribution in [3.05, 3.63) is 24.3 Å². The third-order valence-electron chi connectivity index (χ3n) is 6.13. The molecule has 2 bridgehead atoms. The Labute approximate surface area is 155 Å². The van der Waals surface area contributed by atoms with Gasteiger partial charge >= 0.3 is 11.9 Å². The number of rotatable bonds is 5. The molecular formula is C21H30O5. The molecule has 0 radical (unpaired) electrons. The van der Waals surface area contributed by atoms with E-state index in [9.17, 15) is 9.59 Å². The van der Waals surface area contributed by atoms with E-state index in [0.29, 0.717) is 30.3 Å². The number of esters is 2. The first-order valence-electron chi connectivity index (χ1n) is 9.67. The van der Waals surface area contributed by atoms with E-state index in [-0.39, 0.29) is 24.1 Å². The molecule has 0 aromatic rings. The second-order valence-corrected chi connectivity index (χ2v) is 8.21. The summed E-state index contributed by atoms with van der Waals surface area (Å²) in [6.45, 7) is 11.5. The van der Waals surface area contributed by atoms with E-state index >= 15 is 0 Å². The van der Waals surface area contributed by atoms with Crippen molar-refractivity contribution in [2.45, 2.75) is 58.2 Å². The van der Waals surface area contributed by atoms with E-state index < -0.39 is 0 Å². The molecule has 6 atom stereocenters. The van der Waals surface area contributed by atoms with E-state index in [1.165, 1.54) is 25.7 Å². The summed E-state index contributed by atoms with van der Waals surface area (Å²) in [7, 11) is 0. The van der Waals surface area contributed by atoms with Gasteiger partial charge in [-0.15, -0.1) is 0 Å². The largest absolute Gasteiger partial charge is 0.459 e. The van der Waals surface area contributed by atoms with Gasteiger partial charge in [-0.3, -0.25) is 0 Å². The Hall–Kier alpha value is -1.62. The second-order valence-electron chi connectivity index (χ2n) is 8.21. The molecule has 1 heterocycles. The Bertz CT molecular complexity index is 591. The highest BCUT2D eigenvalue weighted by Crippen LogP contribution is 2.59. The predicted octanol–water partition coefficient (Wildman–Crippen LogP) is 3.43. The summed E-state index contributed by atoms with van der Waals surface area (Å²) in [5.74, 6) is 2.82. The quantitative estimate of drug-likeness (QED) is 0.426. The van der Waals surface area contributed by atoms with E-state index in [2.05, 4.69) is 13.2 Å². The molecule has 0 N–H and O–H groups in total. The summed E-state index contributed by atoms with van der Waals surface area (Å²) in [6, 6.07) is 0. The number of carbonyl (C=O) groups excluding carboxylic acids is 2. The Balaban J connectivity index is 0.000000170. The Morgan fingerprint density at radius 1 is 1.00 bits per heavy atom. The van der Waals surface area contributed by atoms with Gasteiger partial charge in [0.1, 0.15) is 18.8 Å². The number of hydrogen-bond acceptors (Lipinski definition) is 5. The third kappa shape index (κ3) is 4.37. The monoisotopic (exact) mass is 362 g/mol. The summed E-state index contributed by atoms with van der Waals surface area (Å²) < 4.78 is 15.2. The molecule has 144 valence electrons. The van der Waals surface area contributed by atoms with E-state index in [0.717, 1.165) is 24.2 Å². The highest BCUT2D eigenvalue weighted by molar-refractivity contribution is 5.87. The lowest BCUT2D eigenvalue weighted by atomic mass is 9.80. The van der Waals surface area contributed by atoms with Gasteiger partial charge in [-0.25, -0.2) is 9.59 Å². The molecule has 1 saturated heterocycles. The summed E-state index contributed by atoms with van der Waals surface area (Å²) in [6.07, 6.45) is 6.95. The zero-order chi connectivity index (χ0) is 18.8. The summed E-state index contributed by atoms with van der Waals surface area (Å²) in [5, 5.41) is 0. The maximum absolute atomic E-state index is 11.5. The molecule has 5 heteroatoms. The van der Waals surface area contributed by atoms with Crippen molar-refractivity contribution >= 4 is 11.9 Å². The van der Waals surface area contributed by atoms with Crippen molar-refractivity contribution in [3.8, 4) is 0 Å². The minimum Gasteiger partial charge on any atom is -0.459 e. The molecule has 3 saturated carbocycles. The molecule has 6 unspecified atom stereocenters. The van der Waals surface area contributed by atoms with Gasteiger partial charge in [0.25, 0.3) is 0 Å². The number of fused-ring (bicyclic) bond motifs is 5. The number of carbonyl (C=O) groups is 2. The van der Waals surface area contributed by atoms with Gasteiger partial charge in [-0.2, -0.15) is 0 Å². The van der Waals surface area contributed by atoms with Gasteiger partial charge in [0.15, 0.2) is 0 Å². The van der Waals surface area contributed by atoms with Crippen molar-refractivity contribution in [1.82, 2.24) is 0 Å². The Kier molecular flexibility index (Phi) is 5.86. The molecule has 1 aliphatic heterocycles. The van der Waals surface area contributed by atoms with Gasteiger partial charge in [-0.05, 0) is 63.2 Å². The Morgan fingerprint density at radius 2 is 1.65 bits per heavy atom. The van der Waals surface area contributed by atoms with Crippen LogP contribution in [0.5, 0.6) is 0 Å². The summed E-state index contributed by atoms with van der Waals surface area (Å²) >= 11 is 0. The zero-order valence-corrected chi connectivity index (χ0v) is 15.9. The van der Waals surface area contributed by atoms with E-state index in [1.54, 1.807) is 13.8 Å². The van der Waals surface area contributed by atoms with Crippen LogP contribution in [-0.4, -0.2) is 37.4 Å². The minimum absolute atomic E-state index is 0.142. The highest BCUT2D eigenvalue weighted by Gasteiger charge is 2.55. The second kappa shape index (κ2) is 7.95. The lowest BCUT2D eigenvalue weighted by Gasteiger charge is -2.31. The first-order valence-corrected chi connectivity index (χ1v) is 9.67. The molecule has 4 rings (SSSR count). The van der Waals surface area contributed by atoms with Gasteiger partial charge in [0.05, 0.1) is 6.61 Å². The fourth-order valence-corrected chi connectivity index (χ4v) is 4.83. The van der Waals surface area contributed by atoms with Crippen LogP contribution in [0.3, 0.4) is 0 Å². The van der Waals surface area contributed by atoms with Crippen LogP contribution in [0, 0.1) is 23.7 Å². The Morgan fingerprint density at radius 3 is 2.27 bits per heavy atom. The molecule has 0 amide bonds. The van der Waals surface area contributed by atoms with Crippen molar-refractivity contribution in [3.63, 3.8) is 0 Å². The van der Waals surface area contributed by atoms with Crippen LogP contribution in [0.15, 0.2) is 24.3 Å². The van der Waals surface area contributed by atoms with Crippen molar-refractivity contribution < 1.29 is 23.8 Å².